The summed E-state index contributed by atoms with van der Waals surface area (Å²) in [6.07, 6.45) is 3.55. The fourth-order valence-corrected chi connectivity index (χ4v) is 2.82. The summed E-state index contributed by atoms with van der Waals surface area (Å²) in [5, 5.41) is 0. The molecule has 1 aliphatic rings. The van der Waals surface area contributed by atoms with Gasteiger partial charge >= 0.3 is 0 Å². The lowest BCUT2D eigenvalue weighted by Crippen LogP contribution is -2.18. The Balaban J connectivity index is 2.41. The summed E-state index contributed by atoms with van der Waals surface area (Å²) in [6.45, 7) is 10.0. The second-order valence-electron chi connectivity index (χ2n) is 5.51. The molecule has 0 fully saturated rings. The van der Waals surface area contributed by atoms with Crippen molar-refractivity contribution >= 4 is 0 Å². The number of benzene rings is 1. The van der Waals surface area contributed by atoms with Crippen molar-refractivity contribution in [3.8, 4) is 5.75 Å². The van der Waals surface area contributed by atoms with Crippen molar-refractivity contribution in [3.05, 3.63) is 28.8 Å². The van der Waals surface area contributed by atoms with E-state index in [1.54, 1.807) is 0 Å². The molecule has 0 N–H and O–H groups in total. The molecule has 0 saturated heterocycles. The largest absolute Gasteiger partial charge is 0.493 e. The number of hydrogen-bond acceptors (Lipinski definition) is 1. The van der Waals surface area contributed by atoms with Crippen LogP contribution in [0.4, 0.5) is 0 Å². The molecular weight excluding hydrogens is 196 g/mol. The van der Waals surface area contributed by atoms with Crippen LogP contribution < -0.4 is 4.74 Å². The first-order chi connectivity index (χ1) is 7.54. The molecular formula is C15H22O. The van der Waals surface area contributed by atoms with Crippen LogP contribution in [0, 0.1) is 6.92 Å². The third-order valence-electron chi connectivity index (χ3n) is 3.64. The minimum atomic E-state index is 0.288. The van der Waals surface area contributed by atoms with Crippen LogP contribution in [0.15, 0.2) is 12.1 Å². The van der Waals surface area contributed by atoms with Gasteiger partial charge in [0.15, 0.2) is 0 Å². The summed E-state index contributed by atoms with van der Waals surface area (Å²) in [5.74, 6) is 1.11. The lowest BCUT2D eigenvalue weighted by Gasteiger charge is -2.27. The van der Waals surface area contributed by atoms with Gasteiger partial charge in [0, 0.05) is 6.42 Å². The standard InChI is InChI=1S/C15H22O/c1-5-7-15(3,4)13-10-12-6-8-16-14(12)9-11(13)2/h9-10H,5-8H2,1-4H3. The van der Waals surface area contributed by atoms with Gasteiger partial charge in [-0.15, -0.1) is 0 Å². The summed E-state index contributed by atoms with van der Waals surface area (Å²) in [7, 11) is 0. The van der Waals surface area contributed by atoms with Gasteiger partial charge in [-0.1, -0.05) is 33.3 Å². The molecule has 0 atom stereocenters. The van der Waals surface area contributed by atoms with Gasteiger partial charge in [-0.2, -0.15) is 0 Å². The van der Waals surface area contributed by atoms with Gasteiger partial charge in [-0.25, -0.2) is 0 Å². The lowest BCUT2D eigenvalue weighted by molar-refractivity contribution is 0.356. The second-order valence-corrected chi connectivity index (χ2v) is 5.51. The molecule has 0 amide bonds. The number of hydrogen-bond donors (Lipinski definition) is 0. The maximum absolute atomic E-state index is 5.61. The third kappa shape index (κ3) is 1.95. The molecule has 0 radical (unpaired) electrons. The molecule has 1 aromatic rings. The van der Waals surface area contributed by atoms with Crippen LogP contribution in [0.5, 0.6) is 5.75 Å². The van der Waals surface area contributed by atoms with Crippen LogP contribution >= 0.6 is 0 Å². The highest BCUT2D eigenvalue weighted by atomic mass is 16.5. The zero-order valence-corrected chi connectivity index (χ0v) is 10.9. The van der Waals surface area contributed by atoms with Crippen molar-refractivity contribution < 1.29 is 4.74 Å². The van der Waals surface area contributed by atoms with Crippen LogP contribution in [0.2, 0.25) is 0 Å². The molecule has 88 valence electrons. The van der Waals surface area contributed by atoms with Crippen molar-refractivity contribution in [1.29, 1.82) is 0 Å². The van der Waals surface area contributed by atoms with Gasteiger partial charge in [0.05, 0.1) is 6.61 Å². The predicted octanol–water partition coefficient (Wildman–Crippen LogP) is 4.01. The Morgan fingerprint density at radius 1 is 1.31 bits per heavy atom. The Morgan fingerprint density at radius 3 is 2.75 bits per heavy atom. The first-order valence-corrected chi connectivity index (χ1v) is 6.31. The Morgan fingerprint density at radius 2 is 2.06 bits per heavy atom. The quantitative estimate of drug-likeness (QED) is 0.745. The summed E-state index contributed by atoms with van der Waals surface area (Å²) < 4.78 is 5.61. The summed E-state index contributed by atoms with van der Waals surface area (Å²) >= 11 is 0. The van der Waals surface area contributed by atoms with Gasteiger partial charge in [0.25, 0.3) is 0 Å². The number of aryl methyl sites for hydroxylation is 1. The van der Waals surface area contributed by atoms with Crippen molar-refractivity contribution in [3.63, 3.8) is 0 Å². The Kier molecular flexibility index (Phi) is 2.96. The highest BCUT2D eigenvalue weighted by Gasteiger charge is 2.24. The van der Waals surface area contributed by atoms with Gasteiger partial charge in [-0.3, -0.25) is 0 Å². The first kappa shape index (κ1) is 11.5. The SMILES string of the molecule is CCCC(C)(C)c1cc2c(cc1C)OCC2. The van der Waals surface area contributed by atoms with E-state index < -0.39 is 0 Å². The Bertz CT molecular complexity index is 391. The molecule has 0 aliphatic carbocycles. The zero-order chi connectivity index (χ0) is 11.8. The zero-order valence-electron chi connectivity index (χ0n) is 10.9. The summed E-state index contributed by atoms with van der Waals surface area (Å²) in [5.41, 5.74) is 4.55. The average molecular weight is 218 g/mol. The van der Waals surface area contributed by atoms with Crippen LogP contribution in [0.3, 0.4) is 0 Å². The molecule has 1 heterocycles. The molecule has 0 bridgehead atoms. The first-order valence-electron chi connectivity index (χ1n) is 6.31. The summed E-state index contributed by atoms with van der Waals surface area (Å²) in [6, 6.07) is 4.59. The molecule has 0 unspecified atom stereocenters. The van der Waals surface area contributed by atoms with E-state index in [4.69, 9.17) is 4.74 Å². The minimum absolute atomic E-state index is 0.288. The van der Waals surface area contributed by atoms with Crippen LogP contribution in [-0.2, 0) is 11.8 Å². The third-order valence-corrected chi connectivity index (χ3v) is 3.64. The maximum atomic E-state index is 5.61. The van der Waals surface area contributed by atoms with Crippen LogP contribution in [-0.4, -0.2) is 6.61 Å². The minimum Gasteiger partial charge on any atom is -0.493 e. The van der Waals surface area contributed by atoms with Crippen molar-refractivity contribution in [2.24, 2.45) is 0 Å². The van der Waals surface area contributed by atoms with E-state index in [0.29, 0.717) is 0 Å². The molecule has 0 aromatic heterocycles. The summed E-state index contributed by atoms with van der Waals surface area (Å²) in [4.78, 5) is 0. The van der Waals surface area contributed by atoms with E-state index in [1.807, 2.05) is 0 Å². The van der Waals surface area contributed by atoms with Crippen molar-refractivity contribution in [2.45, 2.75) is 52.4 Å². The van der Waals surface area contributed by atoms with E-state index in [2.05, 4.69) is 39.8 Å². The second kappa shape index (κ2) is 4.12. The van der Waals surface area contributed by atoms with Gasteiger partial charge in [0.1, 0.15) is 5.75 Å². The molecule has 16 heavy (non-hydrogen) atoms. The fraction of sp³-hybridized carbons (Fsp3) is 0.600. The highest BCUT2D eigenvalue weighted by molar-refractivity contribution is 5.46. The smallest absolute Gasteiger partial charge is 0.122 e. The molecule has 1 aliphatic heterocycles. The van der Waals surface area contributed by atoms with Gasteiger partial charge < -0.3 is 4.74 Å². The van der Waals surface area contributed by atoms with Gasteiger partial charge in [0.2, 0.25) is 0 Å². The van der Waals surface area contributed by atoms with E-state index in [-0.39, 0.29) is 5.41 Å². The molecule has 1 aromatic carbocycles. The number of rotatable bonds is 3. The van der Waals surface area contributed by atoms with Crippen molar-refractivity contribution in [1.82, 2.24) is 0 Å². The van der Waals surface area contributed by atoms with Crippen LogP contribution in [0.1, 0.15) is 50.3 Å². The van der Waals surface area contributed by atoms with E-state index >= 15 is 0 Å². The van der Waals surface area contributed by atoms with E-state index in [9.17, 15) is 0 Å². The van der Waals surface area contributed by atoms with Crippen molar-refractivity contribution in [2.75, 3.05) is 6.61 Å². The average Bonchev–Trinajstić information content (AvgIpc) is 2.63. The molecule has 0 spiro atoms. The number of fused-ring (bicyclic) bond motifs is 1. The van der Waals surface area contributed by atoms with Crippen LogP contribution in [0.25, 0.3) is 0 Å². The molecule has 1 heteroatoms. The molecule has 1 nitrogen and oxygen atoms in total. The lowest BCUT2D eigenvalue weighted by atomic mass is 9.78. The normalized spacial score (nSPS) is 14.8. The Hall–Kier alpha value is -0.980. The highest BCUT2D eigenvalue weighted by Crippen LogP contribution is 2.36. The maximum Gasteiger partial charge on any atom is 0.122 e. The molecule has 2 rings (SSSR count). The molecule has 0 saturated carbocycles. The number of ether oxygens (including phenoxy) is 1. The fourth-order valence-electron chi connectivity index (χ4n) is 2.82. The topological polar surface area (TPSA) is 9.23 Å². The van der Waals surface area contributed by atoms with Gasteiger partial charge in [-0.05, 0) is 41.5 Å². The van der Waals surface area contributed by atoms with E-state index in [0.717, 1.165) is 18.8 Å². The van der Waals surface area contributed by atoms with E-state index in [1.165, 1.54) is 29.5 Å². The monoisotopic (exact) mass is 218 g/mol. The predicted molar refractivity (Wildman–Crippen MR) is 68.3 cm³/mol. The Labute approximate surface area is 98.8 Å².